The summed E-state index contributed by atoms with van der Waals surface area (Å²) in [6.45, 7) is 16.6. The van der Waals surface area contributed by atoms with Crippen molar-refractivity contribution in [3.63, 3.8) is 0 Å². The van der Waals surface area contributed by atoms with Gasteiger partial charge in [-0.3, -0.25) is 0 Å². The maximum absolute atomic E-state index is 11.3. The summed E-state index contributed by atoms with van der Waals surface area (Å²) in [5, 5.41) is 11.3. The molecule has 1 heteroatoms. The van der Waals surface area contributed by atoms with Gasteiger partial charge in [0, 0.05) is 0 Å². The Hall–Kier alpha value is -0.300. The van der Waals surface area contributed by atoms with Gasteiger partial charge in [-0.25, -0.2) is 0 Å². The third kappa shape index (κ3) is 4.38. The lowest BCUT2D eigenvalue weighted by Gasteiger charge is -2.62. The average Bonchev–Trinajstić information content (AvgIpc) is 3.10. The van der Waals surface area contributed by atoms with E-state index < -0.39 is 5.60 Å². The SMILES string of the molecule is C=CCC[C@]1(O)CC[C@@]2(C)[C@@H](CC[C@@H]3[C@@H]2CC[C@]2(C)[C@@H]([C@H](C)CCCC(C)C)CC[C@@H]32)C1. The van der Waals surface area contributed by atoms with Crippen LogP contribution in [0, 0.1) is 52.3 Å². The van der Waals surface area contributed by atoms with Crippen LogP contribution in [0.25, 0.3) is 0 Å². The van der Waals surface area contributed by atoms with Crippen LogP contribution >= 0.6 is 0 Å². The normalized spacial score (nSPS) is 46.9. The van der Waals surface area contributed by atoms with Gasteiger partial charge in [0.25, 0.3) is 0 Å². The Balaban J connectivity index is 1.44. The summed E-state index contributed by atoms with van der Waals surface area (Å²) in [6.07, 6.45) is 20.2. The van der Waals surface area contributed by atoms with Crippen LogP contribution in [0.2, 0.25) is 0 Å². The number of hydrogen-bond donors (Lipinski definition) is 1. The van der Waals surface area contributed by atoms with Gasteiger partial charge in [0.15, 0.2) is 0 Å². The predicted molar refractivity (Wildman–Crippen MR) is 137 cm³/mol. The fourth-order valence-corrected chi connectivity index (χ4v) is 9.94. The Bertz CT molecular complexity index is 653. The van der Waals surface area contributed by atoms with Crippen molar-refractivity contribution in [2.24, 2.45) is 52.3 Å². The van der Waals surface area contributed by atoms with E-state index in [1.807, 2.05) is 6.08 Å². The molecule has 0 heterocycles. The molecule has 0 aliphatic heterocycles. The molecular formula is C31H54O. The molecule has 1 N–H and O–H groups in total. The molecule has 1 nitrogen and oxygen atoms in total. The third-order valence-corrected chi connectivity index (χ3v) is 11.8. The van der Waals surface area contributed by atoms with Crippen LogP contribution in [0.4, 0.5) is 0 Å². The largest absolute Gasteiger partial charge is 0.390 e. The van der Waals surface area contributed by atoms with Crippen molar-refractivity contribution in [3.8, 4) is 0 Å². The number of hydrogen-bond acceptors (Lipinski definition) is 1. The van der Waals surface area contributed by atoms with Crippen molar-refractivity contribution in [2.75, 3.05) is 0 Å². The minimum absolute atomic E-state index is 0.418. The molecule has 32 heavy (non-hydrogen) atoms. The molecule has 0 unspecified atom stereocenters. The zero-order chi connectivity index (χ0) is 23.1. The zero-order valence-corrected chi connectivity index (χ0v) is 22.2. The van der Waals surface area contributed by atoms with Crippen LogP contribution < -0.4 is 0 Å². The summed E-state index contributed by atoms with van der Waals surface area (Å²) < 4.78 is 0. The second-order valence-corrected chi connectivity index (χ2v) is 13.9. The van der Waals surface area contributed by atoms with Gasteiger partial charge in [-0.1, -0.05) is 60.0 Å². The Morgan fingerprint density at radius 2 is 1.66 bits per heavy atom. The molecule has 0 aromatic carbocycles. The standard InChI is InChI=1S/C31H54O/c1-7-8-17-31(32)20-19-29(5)24(21-31)12-13-25-27-15-14-26(23(4)11-9-10-22(2)3)30(27,6)18-16-28(25)29/h7,22-28,32H,1,8-21H2,2-6H3/t23-,24+,25+,26-,27+,28+,29+,30-,31+/m1/s1. The summed E-state index contributed by atoms with van der Waals surface area (Å²) in [7, 11) is 0. The summed E-state index contributed by atoms with van der Waals surface area (Å²) >= 11 is 0. The van der Waals surface area contributed by atoms with Gasteiger partial charge in [-0.2, -0.15) is 0 Å². The Kier molecular flexibility index (Phi) is 7.28. The van der Waals surface area contributed by atoms with Gasteiger partial charge in [0.05, 0.1) is 5.60 Å². The highest BCUT2D eigenvalue weighted by Crippen LogP contribution is 2.69. The minimum Gasteiger partial charge on any atom is -0.390 e. The van der Waals surface area contributed by atoms with E-state index in [4.69, 9.17) is 0 Å². The quantitative estimate of drug-likeness (QED) is 0.372. The second kappa shape index (κ2) is 9.39. The van der Waals surface area contributed by atoms with Crippen LogP contribution in [0.3, 0.4) is 0 Å². The summed E-state index contributed by atoms with van der Waals surface area (Å²) in [5.41, 5.74) is 0.658. The summed E-state index contributed by atoms with van der Waals surface area (Å²) in [5.74, 6) is 6.30. The second-order valence-electron chi connectivity index (χ2n) is 13.9. The molecule has 9 atom stereocenters. The molecule has 0 aromatic rings. The molecule has 0 radical (unpaired) electrons. The van der Waals surface area contributed by atoms with E-state index >= 15 is 0 Å². The van der Waals surface area contributed by atoms with Crippen molar-refractivity contribution in [3.05, 3.63) is 12.7 Å². The molecular weight excluding hydrogens is 388 g/mol. The molecule has 4 fully saturated rings. The highest BCUT2D eigenvalue weighted by molar-refractivity contribution is 5.11. The van der Waals surface area contributed by atoms with E-state index in [1.54, 1.807) is 0 Å². The molecule has 4 saturated carbocycles. The van der Waals surface area contributed by atoms with Gasteiger partial charge >= 0.3 is 0 Å². The highest BCUT2D eigenvalue weighted by atomic mass is 16.3. The van der Waals surface area contributed by atoms with Crippen molar-refractivity contribution in [2.45, 2.75) is 130 Å². The van der Waals surface area contributed by atoms with Crippen molar-refractivity contribution in [1.82, 2.24) is 0 Å². The summed E-state index contributed by atoms with van der Waals surface area (Å²) in [6, 6.07) is 0. The average molecular weight is 443 g/mol. The van der Waals surface area contributed by atoms with Crippen LogP contribution in [-0.2, 0) is 0 Å². The van der Waals surface area contributed by atoms with E-state index in [-0.39, 0.29) is 0 Å². The molecule has 0 aromatic heterocycles. The molecule has 4 aliphatic carbocycles. The van der Waals surface area contributed by atoms with E-state index in [2.05, 4.69) is 41.2 Å². The smallest absolute Gasteiger partial charge is 0.0653 e. The topological polar surface area (TPSA) is 20.2 Å². The van der Waals surface area contributed by atoms with Gasteiger partial charge in [-0.15, -0.1) is 6.58 Å². The zero-order valence-electron chi connectivity index (χ0n) is 22.2. The van der Waals surface area contributed by atoms with Crippen LogP contribution in [0.1, 0.15) is 125 Å². The Labute approximate surface area is 200 Å². The van der Waals surface area contributed by atoms with Crippen molar-refractivity contribution < 1.29 is 5.11 Å². The van der Waals surface area contributed by atoms with E-state index in [1.165, 1.54) is 64.2 Å². The molecule has 0 spiro atoms. The predicted octanol–water partition coefficient (Wildman–Crippen LogP) is 8.81. The number of rotatable bonds is 8. The number of fused-ring (bicyclic) bond motifs is 5. The third-order valence-electron chi connectivity index (χ3n) is 11.8. The van der Waals surface area contributed by atoms with Crippen LogP contribution in [0.5, 0.6) is 0 Å². The molecule has 0 saturated heterocycles. The number of aliphatic hydroxyl groups is 1. The molecule has 184 valence electrons. The summed E-state index contributed by atoms with van der Waals surface area (Å²) in [4.78, 5) is 0. The van der Waals surface area contributed by atoms with Gasteiger partial charge in [-0.05, 0) is 123 Å². The Morgan fingerprint density at radius 1 is 0.906 bits per heavy atom. The van der Waals surface area contributed by atoms with Crippen molar-refractivity contribution >= 4 is 0 Å². The number of allylic oxidation sites excluding steroid dienone is 1. The first-order valence-electron chi connectivity index (χ1n) is 14.5. The monoisotopic (exact) mass is 442 g/mol. The van der Waals surface area contributed by atoms with Gasteiger partial charge in [0.1, 0.15) is 0 Å². The van der Waals surface area contributed by atoms with E-state index in [0.717, 1.165) is 67.1 Å². The molecule has 0 bridgehead atoms. The maximum atomic E-state index is 11.3. The fourth-order valence-electron chi connectivity index (χ4n) is 9.94. The van der Waals surface area contributed by atoms with Crippen LogP contribution in [0.15, 0.2) is 12.7 Å². The van der Waals surface area contributed by atoms with Gasteiger partial charge < -0.3 is 5.11 Å². The first-order valence-corrected chi connectivity index (χ1v) is 14.5. The fraction of sp³-hybridized carbons (Fsp3) is 0.935. The minimum atomic E-state index is -0.418. The lowest BCUT2D eigenvalue weighted by molar-refractivity contribution is -0.153. The first-order chi connectivity index (χ1) is 15.1. The van der Waals surface area contributed by atoms with Crippen molar-refractivity contribution in [1.29, 1.82) is 0 Å². The molecule has 0 amide bonds. The van der Waals surface area contributed by atoms with Crippen LogP contribution in [-0.4, -0.2) is 10.7 Å². The lowest BCUT2D eigenvalue weighted by atomic mass is 9.43. The van der Waals surface area contributed by atoms with Gasteiger partial charge in [0.2, 0.25) is 0 Å². The maximum Gasteiger partial charge on any atom is 0.0653 e. The Morgan fingerprint density at radius 3 is 2.38 bits per heavy atom. The molecule has 4 rings (SSSR count). The lowest BCUT2D eigenvalue weighted by Crippen LogP contribution is -2.56. The first kappa shape index (κ1) is 24.8. The molecule has 4 aliphatic rings. The van der Waals surface area contributed by atoms with E-state index in [9.17, 15) is 5.11 Å². The highest BCUT2D eigenvalue weighted by Gasteiger charge is 2.61. The van der Waals surface area contributed by atoms with E-state index in [0.29, 0.717) is 10.8 Å².